The molecule has 0 atom stereocenters. The highest BCUT2D eigenvalue weighted by atomic mass is 32.2. The normalized spacial score (nSPS) is 11.7. The van der Waals surface area contributed by atoms with Crippen LogP contribution in [-0.2, 0) is 23.0 Å². The van der Waals surface area contributed by atoms with E-state index in [4.69, 9.17) is 10.3 Å². The van der Waals surface area contributed by atoms with E-state index in [1.807, 2.05) is 19.9 Å². The fourth-order valence-corrected chi connectivity index (χ4v) is 2.17. The summed E-state index contributed by atoms with van der Waals surface area (Å²) in [5, 5.41) is 0. The van der Waals surface area contributed by atoms with Crippen LogP contribution in [0, 0.1) is 0 Å². The highest BCUT2D eigenvalue weighted by Gasteiger charge is 2.16. The quantitative estimate of drug-likeness (QED) is 0.610. The van der Waals surface area contributed by atoms with Gasteiger partial charge in [-0.3, -0.25) is 4.55 Å². The highest BCUT2D eigenvalue weighted by molar-refractivity contribution is 7.86. The summed E-state index contributed by atoms with van der Waals surface area (Å²) in [5.74, 6) is 0. The van der Waals surface area contributed by atoms with Crippen molar-refractivity contribution < 1.29 is 13.0 Å². The zero-order valence-electron chi connectivity index (χ0n) is 8.82. The van der Waals surface area contributed by atoms with Crippen LogP contribution < -0.4 is 5.73 Å². The van der Waals surface area contributed by atoms with Crippen molar-refractivity contribution in [1.82, 2.24) is 0 Å². The Balaban J connectivity index is 3.51. The summed E-state index contributed by atoms with van der Waals surface area (Å²) in [7, 11) is -4.22. The van der Waals surface area contributed by atoms with Gasteiger partial charge < -0.3 is 5.73 Å². The Morgan fingerprint density at radius 3 is 2.27 bits per heavy atom. The average Bonchev–Trinajstić information content (AvgIpc) is 2.16. The molecule has 5 heteroatoms. The summed E-state index contributed by atoms with van der Waals surface area (Å²) in [6.45, 7) is 3.80. The maximum absolute atomic E-state index is 11.1. The Labute approximate surface area is 89.9 Å². The molecule has 0 spiro atoms. The van der Waals surface area contributed by atoms with Crippen molar-refractivity contribution in [2.75, 3.05) is 5.73 Å². The first-order valence-corrected chi connectivity index (χ1v) is 6.22. The molecule has 0 aromatic heterocycles. The summed E-state index contributed by atoms with van der Waals surface area (Å²) < 4.78 is 31.1. The van der Waals surface area contributed by atoms with Gasteiger partial charge in [-0.25, -0.2) is 0 Å². The molecule has 84 valence electrons. The van der Waals surface area contributed by atoms with Crippen LogP contribution in [0.15, 0.2) is 17.0 Å². The number of nitrogens with two attached hydrogens (primary N) is 1. The van der Waals surface area contributed by atoms with Gasteiger partial charge in [-0.15, -0.1) is 0 Å². The van der Waals surface area contributed by atoms with Gasteiger partial charge in [0.1, 0.15) is 4.90 Å². The number of hydrogen-bond donors (Lipinski definition) is 2. The van der Waals surface area contributed by atoms with Crippen molar-refractivity contribution in [2.24, 2.45) is 0 Å². The van der Waals surface area contributed by atoms with Crippen molar-refractivity contribution >= 4 is 15.8 Å². The smallest absolute Gasteiger partial charge is 0.296 e. The molecular formula is C10H15NO3S. The minimum Gasteiger partial charge on any atom is -0.397 e. The van der Waals surface area contributed by atoms with Crippen molar-refractivity contribution in [3.05, 3.63) is 23.3 Å². The van der Waals surface area contributed by atoms with E-state index in [2.05, 4.69) is 0 Å². The molecule has 0 aliphatic carbocycles. The summed E-state index contributed by atoms with van der Waals surface area (Å²) in [6, 6.07) is 3.29. The summed E-state index contributed by atoms with van der Waals surface area (Å²) in [6.07, 6.45) is 1.35. The van der Waals surface area contributed by atoms with E-state index < -0.39 is 10.1 Å². The lowest BCUT2D eigenvalue weighted by atomic mass is 10.1. The molecule has 0 fully saturated rings. The maximum Gasteiger partial charge on any atom is 0.296 e. The van der Waals surface area contributed by atoms with E-state index in [1.54, 1.807) is 0 Å². The molecule has 1 rings (SSSR count). The van der Waals surface area contributed by atoms with Gasteiger partial charge in [-0.1, -0.05) is 19.9 Å². The molecule has 3 N–H and O–H groups in total. The third-order valence-electron chi connectivity index (χ3n) is 2.35. The van der Waals surface area contributed by atoms with Gasteiger partial charge in [0.2, 0.25) is 0 Å². The molecule has 1 aromatic carbocycles. The van der Waals surface area contributed by atoms with Gasteiger partial charge >= 0.3 is 0 Å². The third kappa shape index (κ3) is 2.49. The predicted molar refractivity (Wildman–Crippen MR) is 59.4 cm³/mol. The van der Waals surface area contributed by atoms with E-state index in [1.165, 1.54) is 6.07 Å². The molecule has 0 saturated carbocycles. The largest absolute Gasteiger partial charge is 0.397 e. The summed E-state index contributed by atoms with van der Waals surface area (Å²) in [5.41, 5.74) is 7.42. The summed E-state index contributed by atoms with van der Waals surface area (Å²) in [4.78, 5) is -0.182. The van der Waals surface area contributed by atoms with Crippen molar-refractivity contribution in [3.8, 4) is 0 Å². The number of nitrogen functional groups attached to an aromatic ring is 1. The lowest BCUT2D eigenvalue weighted by Gasteiger charge is -2.10. The van der Waals surface area contributed by atoms with E-state index in [-0.39, 0.29) is 10.6 Å². The second-order valence-electron chi connectivity index (χ2n) is 3.35. The lowest BCUT2D eigenvalue weighted by Crippen LogP contribution is -2.07. The SMILES string of the molecule is CCc1cc(CC)c(N)c(S(=O)(=O)O)c1. The van der Waals surface area contributed by atoms with Crippen LogP contribution >= 0.6 is 0 Å². The number of benzene rings is 1. The van der Waals surface area contributed by atoms with Crippen molar-refractivity contribution in [3.63, 3.8) is 0 Å². The molecule has 0 amide bonds. The lowest BCUT2D eigenvalue weighted by molar-refractivity contribution is 0.483. The Kier molecular flexibility index (Phi) is 3.36. The highest BCUT2D eigenvalue weighted by Crippen LogP contribution is 2.25. The van der Waals surface area contributed by atoms with Gasteiger partial charge in [-0.05, 0) is 30.0 Å². The Bertz CT molecular complexity index is 466. The molecule has 0 radical (unpaired) electrons. The Hall–Kier alpha value is -1.07. The van der Waals surface area contributed by atoms with Gasteiger partial charge in [-0.2, -0.15) is 8.42 Å². The molecule has 1 aromatic rings. The zero-order chi connectivity index (χ0) is 11.6. The molecule has 15 heavy (non-hydrogen) atoms. The Morgan fingerprint density at radius 1 is 1.27 bits per heavy atom. The fraction of sp³-hybridized carbons (Fsp3) is 0.400. The van der Waals surface area contributed by atoms with Crippen molar-refractivity contribution in [2.45, 2.75) is 31.6 Å². The molecule has 0 bridgehead atoms. The second-order valence-corrected chi connectivity index (χ2v) is 4.74. The number of hydrogen-bond acceptors (Lipinski definition) is 3. The van der Waals surface area contributed by atoms with Gasteiger partial charge in [0.05, 0.1) is 5.69 Å². The number of rotatable bonds is 3. The van der Waals surface area contributed by atoms with Crippen LogP contribution in [0.5, 0.6) is 0 Å². The van der Waals surface area contributed by atoms with Gasteiger partial charge in [0.15, 0.2) is 0 Å². The van der Waals surface area contributed by atoms with Crippen LogP contribution in [0.3, 0.4) is 0 Å². The van der Waals surface area contributed by atoms with Crippen LogP contribution in [0.25, 0.3) is 0 Å². The van der Waals surface area contributed by atoms with E-state index >= 15 is 0 Å². The third-order valence-corrected chi connectivity index (χ3v) is 3.25. The van der Waals surface area contributed by atoms with Crippen LogP contribution in [-0.4, -0.2) is 13.0 Å². The molecule has 0 aliphatic heterocycles. The summed E-state index contributed by atoms with van der Waals surface area (Å²) >= 11 is 0. The first-order chi connectivity index (χ1) is 6.90. The van der Waals surface area contributed by atoms with E-state index in [9.17, 15) is 8.42 Å². The van der Waals surface area contributed by atoms with Gasteiger partial charge in [0, 0.05) is 0 Å². The van der Waals surface area contributed by atoms with Crippen LogP contribution in [0.1, 0.15) is 25.0 Å². The molecule has 0 saturated heterocycles. The van der Waals surface area contributed by atoms with Crippen molar-refractivity contribution in [1.29, 1.82) is 0 Å². The molecular weight excluding hydrogens is 214 g/mol. The molecule has 0 unspecified atom stereocenters. The number of anilines is 1. The standard InChI is InChI=1S/C10H15NO3S/c1-3-7-5-8(4-2)10(11)9(6-7)15(12,13)14/h5-6H,3-4,11H2,1-2H3,(H,12,13,14). The number of aryl methyl sites for hydroxylation is 2. The minimum absolute atomic E-state index is 0.150. The Morgan fingerprint density at radius 2 is 1.87 bits per heavy atom. The topological polar surface area (TPSA) is 80.4 Å². The fourth-order valence-electron chi connectivity index (χ4n) is 1.46. The predicted octanol–water partition coefficient (Wildman–Crippen LogP) is 1.64. The minimum atomic E-state index is -4.22. The molecule has 4 nitrogen and oxygen atoms in total. The first-order valence-electron chi connectivity index (χ1n) is 4.78. The van der Waals surface area contributed by atoms with E-state index in [0.717, 1.165) is 11.1 Å². The average molecular weight is 229 g/mol. The van der Waals surface area contributed by atoms with Gasteiger partial charge in [0.25, 0.3) is 10.1 Å². The van der Waals surface area contributed by atoms with Crippen LogP contribution in [0.2, 0.25) is 0 Å². The molecule has 0 aliphatic rings. The maximum atomic E-state index is 11.1. The monoisotopic (exact) mass is 229 g/mol. The zero-order valence-corrected chi connectivity index (χ0v) is 9.63. The van der Waals surface area contributed by atoms with E-state index in [0.29, 0.717) is 12.8 Å². The van der Waals surface area contributed by atoms with Crippen LogP contribution in [0.4, 0.5) is 5.69 Å². The molecule has 0 heterocycles. The first kappa shape index (κ1) is 12.0. The second kappa shape index (κ2) is 4.20.